The van der Waals surface area contributed by atoms with Gasteiger partial charge in [-0.3, -0.25) is 0 Å². The first kappa shape index (κ1) is 14.4. The van der Waals surface area contributed by atoms with Crippen LogP contribution < -0.4 is 57.1 Å². The van der Waals surface area contributed by atoms with Crippen LogP contribution in [-0.4, -0.2) is 38.2 Å². The van der Waals surface area contributed by atoms with E-state index in [4.69, 9.17) is 5.73 Å². The van der Waals surface area contributed by atoms with Crippen molar-refractivity contribution in [2.24, 2.45) is 5.73 Å². The van der Waals surface area contributed by atoms with Crippen LogP contribution in [0.1, 0.15) is 0 Å². The Morgan fingerprint density at radius 1 is 1.60 bits per heavy atom. The summed E-state index contributed by atoms with van der Waals surface area (Å²) in [5.74, 6) is 0. The fourth-order valence-electron chi connectivity index (χ4n) is 0.552. The summed E-state index contributed by atoms with van der Waals surface area (Å²) in [6.45, 7) is 1.28. The molecule has 0 saturated carbocycles. The van der Waals surface area contributed by atoms with E-state index in [1.807, 2.05) is 19.0 Å². The molecule has 0 aromatic carbocycles. The fourth-order valence-corrected chi connectivity index (χ4v) is 0.691. The van der Waals surface area contributed by atoms with E-state index in [1.165, 1.54) is 0 Å². The minimum absolute atomic E-state index is 0. The molecule has 0 saturated heterocycles. The summed E-state index contributed by atoms with van der Waals surface area (Å²) in [7, 11) is 3.91. The van der Waals surface area contributed by atoms with Gasteiger partial charge in [0.05, 0.1) is 6.10 Å². The molecule has 1 unspecified atom stereocenters. The summed E-state index contributed by atoms with van der Waals surface area (Å²) in [4.78, 5) is 1.99. The molecule has 56 valence electrons. The van der Waals surface area contributed by atoms with Crippen LogP contribution in [0.2, 0.25) is 0 Å². The molecule has 0 heterocycles. The van der Waals surface area contributed by atoms with E-state index in [1.54, 1.807) is 0 Å². The monoisotopic (exact) mass is 188 g/mol. The van der Waals surface area contributed by atoms with Gasteiger partial charge in [-0.05, 0) is 14.1 Å². The van der Waals surface area contributed by atoms with Crippen LogP contribution in [0.25, 0.3) is 0 Å². The number of hydrogen-bond donors (Lipinski definition) is 1. The summed E-state index contributed by atoms with van der Waals surface area (Å²) < 4.78 is 4.63. The number of hydrogen-bond acceptors (Lipinski definition) is 4. The van der Waals surface area contributed by atoms with Crippen LogP contribution in [-0.2, 0) is 17.1 Å². The van der Waals surface area contributed by atoms with Crippen molar-refractivity contribution >= 4 is 12.9 Å². The van der Waals surface area contributed by atoms with E-state index in [0.29, 0.717) is 6.54 Å². The topological polar surface area (TPSA) is 38.5 Å². The van der Waals surface area contributed by atoms with E-state index < -0.39 is 0 Å². The molecule has 3 nitrogen and oxygen atoms in total. The molecule has 0 aliphatic heterocycles. The second-order valence-corrected chi connectivity index (χ2v) is 2.41. The van der Waals surface area contributed by atoms with Gasteiger partial charge in [0, 0.05) is 13.1 Å². The fraction of sp³-hybridized carbons (Fsp3) is 1.00. The molecule has 0 aromatic heterocycles. The first-order chi connectivity index (χ1) is 4.20. The van der Waals surface area contributed by atoms with Crippen molar-refractivity contribution in [3.8, 4) is 0 Å². The van der Waals surface area contributed by atoms with Crippen molar-refractivity contribution in [2.45, 2.75) is 6.10 Å². The smallest absolute Gasteiger partial charge is 0.623 e. The van der Waals surface area contributed by atoms with Crippen molar-refractivity contribution in [3.63, 3.8) is 0 Å². The molecule has 1 atom stereocenters. The SMILES string of the molecule is CN(C)CC(CN)O[S-].[K+]. The minimum atomic E-state index is -0.00463. The molecular weight excluding hydrogens is 175 g/mol. The second kappa shape index (κ2) is 8.96. The Kier molecular flexibility index (Phi) is 12.9. The third kappa shape index (κ3) is 7.97. The zero-order chi connectivity index (χ0) is 7.28. The number of rotatable bonds is 4. The average molecular weight is 188 g/mol. The molecule has 5 heteroatoms. The van der Waals surface area contributed by atoms with Crippen LogP contribution in [0.4, 0.5) is 0 Å². The summed E-state index contributed by atoms with van der Waals surface area (Å²) in [6, 6.07) is 0. The second-order valence-electron chi connectivity index (χ2n) is 2.22. The average Bonchev–Trinajstić information content (AvgIpc) is 1.82. The van der Waals surface area contributed by atoms with Gasteiger partial charge >= 0.3 is 51.4 Å². The van der Waals surface area contributed by atoms with Crippen LogP contribution in [0.5, 0.6) is 0 Å². The van der Waals surface area contributed by atoms with E-state index in [9.17, 15) is 0 Å². The Morgan fingerprint density at radius 2 is 2.10 bits per heavy atom. The quantitative estimate of drug-likeness (QED) is 0.365. The maximum Gasteiger partial charge on any atom is 1.00 e. The van der Waals surface area contributed by atoms with E-state index >= 15 is 0 Å². The predicted molar refractivity (Wildman–Crippen MR) is 39.8 cm³/mol. The maximum atomic E-state index is 5.31. The van der Waals surface area contributed by atoms with E-state index in [2.05, 4.69) is 17.1 Å². The molecule has 10 heavy (non-hydrogen) atoms. The molecule has 0 aliphatic carbocycles. The van der Waals surface area contributed by atoms with Gasteiger partial charge in [-0.15, -0.1) is 0 Å². The van der Waals surface area contributed by atoms with Crippen molar-refractivity contribution in [1.82, 2.24) is 4.90 Å². The van der Waals surface area contributed by atoms with Crippen molar-refractivity contribution < 1.29 is 55.6 Å². The largest absolute Gasteiger partial charge is 1.00 e. The summed E-state index contributed by atoms with van der Waals surface area (Å²) >= 11 is 4.38. The Morgan fingerprint density at radius 3 is 2.20 bits per heavy atom. The molecule has 0 rings (SSSR count). The molecule has 0 aliphatic rings. The van der Waals surface area contributed by atoms with Crippen LogP contribution in [0, 0.1) is 0 Å². The first-order valence-corrected chi connectivity index (χ1v) is 3.17. The normalized spacial score (nSPS) is 12.9. The minimum Gasteiger partial charge on any atom is -0.623 e. The van der Waals surface area contributed by atoms with Crippen LogP contribution in [0.3, 0.4) is 0 Å². The third-order valence-electron chi connectivity index (χ3n) is 0.968. The molecule has 0 aromatic rings. The van der Waals surface area contributed by atoms with Gasteiger partial charge < -0.3 is 27.7 Å². The zero-order valence-corrected chi connectivity index (χ0v) is 10.8. The van der Waals surface area contributed by atoms with Gasteiger partial charge in [-0.1, -0.05) is 0 Å². The molecule has 0 fully saturated rings. The Balaban J connectivity index is 0. The van der Waals surface area contributed by atoms with Crippen molar-refractivity contribution in [2.75, 3.05) is 27.2 Å². The molecule has 0 bridgehead atoms. The van der Waals surface area contributed by atoms with Gasteiger partial charge in [0.15, 0.2) is 0 Å². The predicted octanol–water partition coefficient (Wildman–Crippen LogP) is -3.64. The van der Waals surface area contributed by atoms with Gasteiger partial charge in [0.1, 0.15) is 0 Å². The zero-order valence-electron chi connectivity index (χ0n) is 6.83. The standard InChI is InChI=1S/C5H14N2OS.K/c1-7(2)4-5(3-6)8-9;/h5,9H,3-4,6H2,1-2H3;/q;+1/p-1. The van der Waals surface area contributed by atoms with E-state index in [-0.39, 0.29) is 57.5 Å². The number of nitrogens with two attached hydrogens (primary N) is 1. The Bertz CT molecular complexity index is 70.7. The van der Waals surface area contributed by atoms with Crippen molar-refractivity contribution in [1.29, 1.82) is 0 Å². The molecule has 0 radical (unpaired) electrons. The van der Waals surface area contributed by atoms with E-state index in [0.717, 1.165) is 6.54 Å². The third-order valence-corrected chi connectivity index (χ3v) is 1.24. The van der Waals surface area contributed by atoms with Crippen LogP contribution in [0.15, 0.2) is 0 Å². The van der Waals surface area contributed by atoms with Gasteiger partial charge in [0.25, 0.3) is 0 Å². The molecule has 0 amide bonds. The summed E-state index contributed by atoms with van der Waals surface area (Å²) in [5, 5.41) is 0. The van der Waals surface area contributed by atoms with Gasteiger partial charge in [0.2, 0.25) is 0 Å². The first-order valence-electron chi connectivity index (χ1n) is 2.84. The summed E-state index contributed by atoms with van der Waals surface area (Å²) in [6.07, 6.45) is -0.00463. The molecule has 2 N–H and O–H groups in total. The molecular formula is C5H13KN2OS. The van der Waals surface area contributed by atoms with Gasteiger partial charge in [-0.2, -0.15) is 0 Å². The van der Waals surface area contributed by atoms with Crippen molar-refractivity contribution in [3.05, 3.63) is 0 Å². The number of nitrogens with zero attached hydrogens (tertiary/aromatic N) is 1. The van der Waals surface area contributed by atoms with Crippen LogP contribution >= 0.6 is 0 Å². The Labute approximate surface area is 111 Å². The number of likely N-dealkylation sites (N-methyl/N-ethyl adjacent to an activating group) is 1. The van der Waals surface area contributed by atoms with Gasteiger partial charge in [-0.25, -0.2) is 0 Å². The Hall–Kier alpha value is 1.87. The maximum absolute atomic E-state index is 5.31. The molecule has 0 spiro atoms. The summed E-state index contributed by atoms with van der Waals surface area (Å²) in [5.41, 5.74) is 5.31.